The molecule has 2 aromatic heterocycles. The van der Waals surface area contributed by atoms with Crippen LogP contribution < -0.4 is 5.32 Å². The van der Waals surface area contributed by atoms with Crippen molar-refractivity contribution in [2.45, 2.75) is 6.42 Å². The number of benzene rings is 2. The summed E-state index contributed by atoms with van der Waals surface area (Å²) in [6.45, 7) is 0.809. The third-order valence-electron chi connectivity index (χ3n) is 4.46. The Balaban J connectivity index is 1.42. The minimum absolute atomic E-state index is 0.0296. The minimum Gasteiger partial charge on any atom is -0.494 e. The van der Waals surface area contributed by atoms with Gasteiger partial charge in [0.05, 0.1) is 11.3 Å². The van der Waals surface area contributed by atoms with E-state index in [1.54, 1.807) is 18.5 Å². The lowest BCUT2D eigenvalue weighted by atomic mass is 10.2. The number of aromatic hydroxyl groups is 1. The summed E-state index contributed by atoms with van der Waals surface area (Å²) in [4.78, 5) is 11.3. The van der Waals surface area contributed by atoms with Crippen molar-refractivity contribution >= 4 is 28.5 Å². The van der Waals surface area contributed by atoms with Crippen molar-refractivity contribution in [2.75, 3.05) is 11.9 Å². The average molecular weight is 374 g/mol. The molecule has 4 aromatic rings. The second-order valence-electron chi connectivity index (χ2n) is 6.42. The molecule has 0 aliphatic rings. The van der Waals surface area contributed by atoms with Gasteiger partial charge in [0.15, 0.2) is 5.88 Å². The van der Waals surface area contributed by atoms with E-state index in [9.17, 15) is 9.50 Å². The lowest BCUT2D eigenvalue weighted by Gasteiger charge is -2.06. The first kappa shape index (κ1) is 17.7. The molecule has 0 saturated carbocycles. The van der Waals surface area contributed by atoms with E-state index in [4.69, 9.17) is 0 Å². The van der Waals surface area contributed by atoms with E-state index in [0.717, 1.165) is 24.3 Å². The SMILES string of the molecule is Oc1[nH]c2ccc(F)cc2c1C=Nc1ccc(NCCc2cccnc2)cc1. The Morgan fingerprint density at radius 3 is 2.79 bits per heavy atom. The molecule has 28 heavy (non-hydrogen) atoms. The van der Waals surface area contributed by atoms with Crippen LogP contribution in [-0.4, -0.2) is 27.8 Å². The van der Waals surface area contributed by atoms with Crippen LogP contribution in [0.1, 0.15) is 11.1 Å². The monoisotopic (exact) mass is 374 g/mol. The number of nitrogens with zero attached hydrogens (tertiary/aromatic N) is 2. The van der Waals surface area contributed by atoms with Crippen molar-refractivity contribution < 1.29 is 9.50 Å². The summed E-state index contributed by atoms with van der Waals surface area (Å²) >= 11 is 0. The number of nitrogens with one attached hydrogen (secondary N) is 2. The van der Waals surface area contributed by atoms with Crippen molar-refractivity contribution in [3.05, 3.63) is 83.9 Å². The fourth-order valence-corrected chi connectivity index (χ4v) is 3.00. The molecule has 5 nitrogen and oxygen atoms in total. The lowest BCUT2D eigenvalue weighted by Crippen LogP contribution is -2.04. The van der Waals surface area contributed by atoms with Crippen LogP contribution >= 0.6 is 0 Å². The van der Waals surface area contributed by atoms with Gasteiger partial charge in [0.25, 0.3) is 0 Å². The molecular formula is C22H19FN4O. The smallest absolute Gasteiger partial charge is 0.198 e. The molecule has 6 heteroatoms. The Labute approximate surface area is 161 Å². The highest BCUT2D eigenvalue weighted by Crippen LogP contribution is 2.27. The zero-order valence-corrected chi connectivity index (χ0v) is 15.1. The van der Waals surface area contributed by atoms with Gasteiger partial charge >= 0.3 is 0 Å². The Hall–Kier alpha value is -3.67. The Morgan fingerprint density at radius 2 is 2.00 bits per heavy atom. The van der Waals surface area contributed by atoms with Crippen molar-refractivity contribution in [1.82, 2.24) is 9.97 Å². The van der Waals surface area contributed by atoms with E-state index in [1.807, 2.05) is 36.5 Å². The molecule has 0 unspecified atom stereocenters. The standard InChI is InChI=1S/C22H19FN4O/c23-16-3-8-21-19(12-16)20(22(28)27-21)14-26-18-6-4-17(5-7-18)25-11-9-15-2-1-10-24-13-15/h1-8,10,12-14,25,27-28H,9,11H2. The number of anilines is 1. The van der Waals surface area contributed by atoms with E-state index in [1.165, 1.54) is 17.7 Å². The average Bonchev–Trinajstić information content (AvgIpc) is 3.02. The zero-order valence-electron chi connectivity index (χ0n) is 15.1. The topological polar surface area (TPSA) is 73.3 Å². The van der Waals surface area contributed by atoms with Crippen LogP contribution in [0.4, 0.5) is 15.8 Å². The largest absolute Gasteiger partial charge is 0.494 e. The summed E-state index contributed by atoms with van der Waals surface area (Å²) in [5.74, 6) is -0.388. The number of rotatable bonds is 6. The van der Waals surface area contributed by atoms with E-state index >= 15 is 0 Å². The maximum Gasteiger partial charge on any atom is 0.198 e. The second-order valence-corrected chi connectivity index (χ2v) is 6.42. The van der Waals surface area contributed by atoms with Gasteiger partial charge in [-0.1, -0.05) is 6.07 Å². The molecule has 4 rings (SSSR count). The van der Waals surface area contributed by atoms with E-state index < -0.39 is 0 Å². The van der Waals surface area contributed by atoms with Crippen LogP contribution in [0.5, 0.6) is 5.88 Å². The Morgan fingerprint density at radius 1 is 1.14 bits per heavy atom. The van der Waals surface area contributed by atoms with Crippen LogP contribution in [0.3, 0.4) is 0 Å². The number of pyridine rings is 1. The number of fused-ring (bicyclic) bond motifs is 1. The van der Waals surface area contributed by atoms with E-state index in [0.29, 0.717) is 16.5 Å². The fraction of sp³-hybridized carbons (Fsp3) is 0.0909. The number of hydrogen-bond donors (Lipinski definition) is 3. The van der Waals surface area contributed by atoms with Crippen LogP contribution in [0.25, 0.3) is 10.9 Å². The highest BCUT2D eigenvalue weighted by molar-refractivity contribution is 6.02. The molecule has 0 aliphatic carbocycles. The molecule has 0 saturated heterocycles. The molecule has 0 aliphatic heterocycles. The highest BCUT2D eigenvalue weighted by atomic mass is 19.1. The van der Waals surface area contributed by atoms with Crippen molar-refractivity contribution in [2.24, 2.45) is 4.99 Å². The predicted octanol–water partition coefficient (Wildman–Crippen LogP) is 4.81. The number of aliphatic imine (C=N–C) groups is 1. The number of hydrogen-bond acceptors (Lipinski definition) is 4. The van der Waals surface area contributed by atoms with Gasteiger partial charge in [-0.15, -0.1) is 0 Å². The molecule has 140 valence electrons. The van der Waals surface area contributed by atoms with Gasteiger partial charge < -0.3 is 15.4 Å². The molecule has 0 atom stereocenters. The van der Waals surface area contributed by atoms with E-state index in [-0.39, 0.29) is 11.7 Å². The quantitative estimate of drug-likeness (QED) is 0.424. The zero-order chi connectivity index (χ0) is 19.3. The fourth-order valence-electron chi connectivity index (χ4n) is 3.00. The van der Waals surface area contributed by atoms with Gasteiger partial charge in [-0.3, -0.25) is 9.98 Å². The summed E-state index contributed by atoms with van der Waals surface area (Å²) < 4.78 is 13.5. The predicted molar refractivity (Wildman–Crippen MR) is 110 cm³/mol. The Bertz CT molecular complexity index is 1100. The molecule has 0 radical (unpaired) electrons. The maximum absolute atomic E-state index is 13.5. The van der Waals surface area contributed by atoms with Crippen LogP contribution in [0.2, 0.25) is 0 Å². The maximum atomic E-state index is 13.5. The molecule has 0 fully saturated rings. The highest BCUT2D eigenvalue weighted by Gasteiger charge is 2.09. The van der Waals surface area contributed by atoms with Gasteiger partial charge in [-0.2, -0.15) is 0 Å². The lowest BCUT2D eigenvalue weighted by molar-refractivity contribution is 0.457. The molecular weight excluding hydrogens is 355 g/mol. The molecule has 0 bridgehead atoms. The number of aromatic nitrogens is 2. The van der Waals surface area contributed by atoms with Crippen LogP contribution in [0, 0.1) is 5.82 Å². The first-order valence-electron chi connectivity index (χ1n) is 8.96. The number of H-pyrrole nitrogens is 1. The first-order chi connectivity index (χ1) is 13.7. The summed E-state index contributed by atoms with van der Waals surface area (Å²) in [5.41, 5.74) is 4.05. The van der Waals surface area contributed by atoms with E-state index in [2.05, 4.69) is 26.3 Å². The minimum atomic E-state index is -0.358. The molecule has 0 spiro atoms. The van der Waals surface area contributed by atoms with Crippen molar-refractivity contribution in [3.63, 3.8) is 0 Å². The van der Waals surface area contributed by atoms with Crippen LogP contribution in [-0.2, 0) is 6.42 Å². The third kappa shape index (κ3) is 4.01. The molecule has 3 N–H and O–H groups in total. The second kappa shape index (κ2) is 7.92. The summed E-state index contributed by atoms with van der Waals surface area (Å²) in [6.07, 6.45) is 6.07. The third-order valence-corrected chi connectivity index (χ3v) is 4.46. The summed E-state index contributed by atoms with van der Waals surface area (Å²) in [5, 5.41) is 14.0. The number of halogens is 1. The Kier molecular flexibility index (Phi) is 5.01. The summed E-state index contributed by atoms with van der Waals surface area (Å²) in [6, 6.07) is 16.0. The van der Waals surface area contributed by atoms with Gasteiger partial charge in [-0.05, 0) is 60.5 Å². The first-order valence-corrected chi connectivity index (χ1v) is 8.96. The normalized spacial score (nSPS) is 11.3. The van der Waals surface area contributed by atoms with Gasteiger partial charge in [0, 0.05) is 41.7 Å². The van der Waals surface area contributed by atoms with Gasteiger partial charge in [0.1, 0.15) is 5.82 Å². The van der Waals surface area contributed by atoms with Crippen molar-refractivity contribution in [3.8, 4) is 5.88 Å². The van der Waals surface area contributed by atoms with Gasteiger partial charge in [-0.25, -0.2) is 4.39 Å². The molecule has 0 amide bonds. The molecule has 2 aromatic carbocycles. The summed E-state index contributed by atoms with van der Waals surface area (Å²) in [7, 11) is 0. The van der Waals surface area contributed by atoms with Gasteiger partial charge in [0.2, 0.25) is 0 Å². The number of aromatic amines is 1. The molecule has 2 heterocycles. The van der Waals surface area contributed by atoms with Crippen LogP contribution in [0.15, 0.2) is 72.0 Å². The van der Waals surface area contributed by atoms with Crippen molar-refractivity contribution in [1.29, 1.82) is 0 Å².